The summed E-state index contributed by atoms with van der Waals surface area (Å²) >= 11 is 0. The van der Waals surface area contributed by atoms with E-state index in [2.05, 4.69) is 10.6 Å². The number of carbonyl (C=O) groups is 1. The first-order chi connectivity index (χ1) is 9.67. The first-order valence-corrected chi connectivity index (χ1v) is 7.45. The summed E-state index contributed by atoms with van der Waals surface area (Å²) in [4.78, 5) is 11.8. The molecule has 110 valence electrons. The van der Waals surface area contributed by atoms with Crippen molar-refractivity contribution in [1.82, 2.24) is 5.32 Å². The van der Waals surface area contributed by atoms with Crippen molar-refractivity contribution in [3.63, 3.8) is 0 Å². The van der Waals surface area contributed by atoms with Gasteiger partial charge in [0.2, 0.25) is 0 Å². The molecule has 4 nitrogen and oxygen atoms in total. The molecule has 1 saturated carbocycles. The molecule has 4 heteroatoms. The van der Waals surface area contributed by atoms with Gasteiger partial charge in [0.05, 0.1) is 0 Å². The topological polar surface area (TPSA) is 67.2 Å². The molecule has 0 radical (unpaired) electrons. The van der Waals surface area contributed by atoms with Crippen molar-refractivity contribution in [3.8, 4) is 0 Å². The van der Waals surface area contributed by atoms with E-state index in [4.69, 9.17) is 5.73 Å². The molecule has 0 heterocycles. The second kappa shape index (κ2) is 6.75. The van der Waals surface area contributed by atoms with E-state index in [0.717, 1.165) is 29.8 Å². The standard InChI is InChI=1S/C16H25N3O/c1-11-13(16(20)18-2)7-5-9-14(11)19-15-8-4-3-6-12(15)10-17/h5,7,9,12,15,19H,3-4,6,8,10,17H2,1-2H3,(H,18,20). The average molecular weight is 275 g/mol. The zero-order valence-corrected chi connectivity index (χ0v) is 12.4. The summed E-state index contributed by atoms with van der Waals surface area (Å²) in [6.45, 7) is 2.72. The third-order valence-electron chi connectivity index (χ3n) is 4.36. The quantitative estimate of drug-likeness (QED) is 0.789. The van der Waals surface area contributed by atoms with Crippen LogP contribution in [0, 0.1) is 12.8 Å². The van der Waals surface area contributed by atoms with Gasteiger partial charge < -0.3 is 16.4 Å². The number of amides is 1. The van der Waals surface area contributed by atoms with Crippen molar-refractivity contribution >= 4 is 11.6 Å². The van der Waals surface area contributed by atoms with E-state index in [1.54, 1.807) is 7.05 Å². The van der Waals surface area contributed by atoms with Crippen LogP contribution in [0.3, 0.4) is 0 Å². The van der Waals surface area contributed by atoms with Crippen LogP contribution in [-0.2, 0) is 0 Å². The van der Waals surface area contributed by atoms with E-state index in [1.165, 1.54) is 19.3 Å². The predicted octanol–water partition coefficient (Wildman–Crippen LogP) is 2.28. The minimum atomic E-state index is -0.0369. The molecular weight excluding hydrogens is 250 g/mol. The molecule has 4 N–H and O–H groups in total. The van der Waals surface area contributed by atoms with Gasteiger partial charge in [0, 0.05) is 24.3 Å². The Balaban J connectivity index is 2.18. The van der Waals surface area contributed by atoms with Crippen LogP contribution < -0.4 is 16.4 Å². The molecule has 0 spiro atoms. The molecule has 1 aromatic rings. The van der Waals surface area contributed by atoms with Crippen LogP contribution in [-0.4, -0.2) is 25.5 Å². The Labute approximate surface area is 121 Å². The van der Waals surface area contributed by atoms with Crippen molar-refractivity contribution in [2.45, 2.75) is 38.6 Å². The molecule has 0 bridgehead atoms. The molecule has 2 rings (SSSR count). The van der Waals surface area contributed by atoms with E-state index < -0.39 is 0 Å². The molecule has 2 unspecified atom stereocenters. The highest BCUT2D eigenvalue weighted by atomic mass is 16.1. The molecule has 1 aromatic carbocycles. The summed E-state index contributed by atoms with van der Waals surface area (Å²) < 4.78 is 0. The van der Waals surface area contributed by atoms with Crippen molar-refractivity contribution < 1.29 is 4.79 Å². The third-order valence-corrected chi connectivity index (χ3v) is 4.36. The highest BCUT2D eigenvalue weighted by Crippen LogP contribution is 2.28. The normalized spacial score (nSPS) is 22.4. The summed E-state index contributed by atoms with van der Waals surface area (Å²) in [7, 11) is 1.66. The monoisotopic (exact) mass is 275 g/mol. The fourth-order valence-corrected chi connectivity index (χ4v) is 3.05. The van der Waals surface area contributed by atoms with E-state index in [-0.39, 0.29) is 5.91 Å². The molecule has 20 heavy (non-hydrogen) atoms. The first-order valence-electron chi connectivity index (χ1n) is 7.45. The summed E-state index contributed by atoms with van der Waals surface area (Å²) in [5, 5.41) is 6.30. The lowest BCUT2D eigenvalue weighted by Crippen LogP contribution is -2.37. The van der Waals surface area contributed by atoms with Gasteiger partial charge in [-0.05, 0) is 49.9 Å². The molecule has 2 atom stereocenters. The smallest absolute Gasteiger partial charge is 0.251 e. The molecule has 0 saturated heterocycles. The van der Waals surface area contributed by atoms with Crippen molar-refractivity contribution in [1.29, 1.82) is 0 Å². The number of hydrogen-bond acceptors (Lipinski definition) is 3. The van der Waals surface area contributed by atoms with Gasteiger partial charge in [-0.3, -0.25) is 4.79 Å². The van der Waals surface area contributed by atoms with Crippen molar-refractivity contribution in [2.75, 3.05) is 18.9 Å². The zero-order valence-electron chi connectivity index (χ0n) is 12.4. The van der Waals surface area contributed by atoms with Crippen LogP contribution in [0.1, 0.15) is 41.6 Å². The molecule has 0 aromatic heterocycles. The lowest BCUT2D eigenvalue weighted by molar-refractivity contribution is 0.0962. The summed E-state index contributed by atoms with van der Waals surface area (Å²) in [5.41, 5.74) is 8.67. The Morgan fingerprint density at radius 1 is 1.35 bits per heavy atom. The summed E-state index contributed by atoms with van der Waals surface area (Å²) in [6, 6.07) is 6.26. The van der Waals surface area contributed by atoms with Gasteiger partial charge in [-0.25, -0.2) is 0 Å². The predicted molar refractivity (Wildman–Crippen MR) is 83.0 cm³/mol. The second-order valence-corrected chi connectivity index (χ2v) is 5.59. The van der Waals surface area contributed by atoms with E-state index in [9.17, 15) is 4.79 Å². The van der Waals surface area contributed by atoms with Crippen LogP contribution in [0.25, 0.3) is 0 Å². The Morgan fingerprint density at radius 3 is 2.80 bits per heavy atom. The fraction of sp³-hybridized carbons (Fsp3) is 0.562. The van der Waals surface area contributed by atoms with Crippen molar-refractivity contribution in [3.05, 3.63) is 29.3 Å². The Hall–Kier alpha value is -1.55. The largest absolute Gasteiger partial charge is 0.382 e. The van der Waals surface area contributed by atoms with Gasteiger partial charge in [0.15, 0.2) is 0 Å². The van der Waals surface area contributed by atoms with E-state index in [0.29, 0.717) is 12.0 Å². The maximum atomic E-state index is 11.8. The van der Waals surface area contributed by atoms with E-state index >= 15 is 0 Å². The SMILES string of the molecule is CNC(=O)c1cccc(NC2CCCCC2CN)c1C. The van der Waals surface area contributed by atoms with Crippen LogP contribution in [0.5, 0.6) is 0 Å². The number of anilines is 1. The number of hydrogen-bond donors (Lipinski definition) is 3. The summed E-state index contributed by atoms with van der Waals surface area (Å²) in [6.07, 6.45) is 4.88. The first kappa shape index (κ1) is 14.9. The minimum absolute atomic E-state index is 0.0369. The fourth-order valence-electron chi connectivity index (χ4n) is 3.05. The Morgan fingerprint density at radius 2 is 2.10 bits per heavy atom. The number of benzene rings is 1. The van der Waals surface area contributed by atoms with Crippen LogP contribution >= 0.6 is 0 Å². The molecule has 1 aliphatic rings. The minimum Gasteiger partial charge on any atom is -0.382 e. The molecule has 1 fully saturated rings. The highest BCUT2D eigenvalue weighted by molar-refractivity contribution is 5.96. The molecule has 1 amide bonds. The van der Waals surface area contributed by atoms with Crippen molar-refractivity contribution in [2.24, 2.45) is 11.7 Å². The maximum Gasteiger partial charge on any atom is 0.251 e. The number of rotatable bonds is 4. The Bertz CT molecular complexity index is 473. The van der Waals surface area contributed by atoms with Gasteiger partial charge >= 0.3 is 0 Å². The van der Waals surface area contributed by atoms with Crippen LogP contribution in [0.4, 0.5) is 5.69 Å². The third kappa shape index (κ3) is 3.12. The highest BCUT2D eigenvalue weighted by Gasteiger charge is 2.24. The van der Waals surface area contributed by atoms with Gasteiger partial charge in [-0.1, -0.05) is 18.9 Å². The molecule has 1 aliphatic carbocycles. The van der Waals surface area contributed by atoms with Gasteiger partial charge in [0.25, 0.3) is 5.91 Å². The van der Waals surface area contributed by atoms with E-state index in [1.807, 2.05) is 25.1 Å². The lowest BCUT2D eigenvalue weighted by atomic mass is 9.84. The van der Waals surface area contributed by atoms with Gasteiger partial charge in [-0.15, -0.1) is 0 Å². The number of nitrogens with two attached hydrogens (primary N) is 1. The number of carbonyl (C=O) groups excluding carboxylic acids is 1. The van der Waals surface area contributed by atoms with Crippen LogP contribution in [0.2, 0.25) is 0 Å². The van der Waals surface area contributed by atoms with Crippen LogP contribution in [0.15, 0.2) is 18.2 Å². The summed E-state index contributed by atoms with van der Waals surface area (Å²) in [5.74, 6) is 0.497. The van der Waals surface area contributed by atoms with Gasteiger partial charge in [-0.2, -0.15) is 0 Å². The zero-order chi connectivity index (χ0) is 14.5. The maximum absolute atomic E-state index is 11.8. The lowest BCUT2D eigenvalue weighted by Gasteiger charge is -2.32. The average Bonchev–Trinajstić information content (AvgIpc) is 2.49. The van der Waals surface area contributed by atoms with Gasteiger partial charge in [0.1, 0.15) is 0 Å². The molecular formula is C16H25N3O. The second-order valence-electron chi connectivity index (χ2n) is 5.59. The Kier molecular flexibility index (Phi) is 5.01. The molecule has 0 aliphatic heterocycles. The number of nitrogens with one attached hydrogen (secondary N) is 2.